The molecule has 1 aliphatic heterocycles. The first-order valence-corrected chi connectivity index (χ1v) is 4.31. The Morgan fingerprint density at radius 3 is 3.15 bits per heavy atom. The van der Waals surface area contributed by atoms with Crippen LogP contribution >= 0.6 is 0 Å². The zero-order valence-electron chi connectivity index (χ0n) is 7.79. The number of ether oxygens (including phenoxy) is 2. The van der Waals surface area contributed by atoms with Gasteiger partial charge in [0.05, 0.1) is 19.8 Å². The lowest BCUT2D eigenvalue weighted by Gasteiger charge is -2.08. The molecule has 4 heteroatoms. The van der Waals surface area contributed by atoms with Gasteiger partial charge < -0.3 is 14.8 Å². The first-order chi connectivity index (χ1) is 6.27. The number of esters is 1. The summed E-state index contributed by atoms with van der Waals surface area (Å²) >= 11 is 0. The van der Waals surface area contributed by atoms with Gasteiger partial charge in [0.25, 0.3) is 0 Å². The fourth-order valence-corrected chi connectivity index (χ4v) is 1.36. The van der Waals surface area contributed by atoms with Crippen molar-refractivity contribution in [1.82, 2.24) is 5.32 Å². The lowest BCUT2D eigenvalue weighted by molar-refractivity contribution is -0.142. The van der Waals surface area contributed by atoms with Crippen LogP contribution in [-0.2, 0) is 14.3 Å². The predicted molar refractivity (Wildman–Crippen MR) is 48.4 cm³/mol. The predicted octanol–water partition coefficient (Wildman–Crippen LogP) is 0.0925. The third-order valence-corrected chi connectivity index (χ3v) is 2.03. The van der Waals surface area contributed by atoms with Crippen molar-refractivity contribution < 1.29 is 14.3 Å². The Labute approximate surface area is 77.9 Å². The van der Waals surface area contributed by atoms with Crippen LogP contribution in [0, 0.1) is 0 Å². The van der Waals surface area contributed by atoms with Gasteiger partial charge in [0.2, 0.25) is 0 Å². The van der Waals surface area contributed by atoms with Crippen LogP contribution in [0.4, 0.5) is 0 Å². The molecule has 1 rings (SSSR count). The maximum Gasteiger partial charge on any atom is 0.322 e. The molecule has 1 unspecified atom stereocenters. The van der Waals surface area contributed by atoms with Crippen LogP contribution in [-0.4, -0.2) is 38.4 Å². The molecule has 1 saturated heterocycles. The Hall–Kier alpha value is -0.870. The van der Waals surface area contributed by atoms with E-state index in [4.69, 9.17) is 4.74 Å². The second kappa shape index (κ2) is 4.99. The summed E-state index contributed by atoms with van der Waals surface area (Å²) in [5.74, 6) is -0.218. The van der Waals surface area contributed by atoms with E-state index >= 15 is 0 Å². The van der Waals surface area contributed by atoms with E-state index in [2.05, 4.69) is 16.6 Å². The van der Waals surface area contributed by atoms with E-state index in [1.54, 1.807) is 6.08 Å². The van der Waals surface area contributed by atoms with Crippen LogP contribution in [0.1, 0.15) is 6.42 Å². The molecule has 13 heavy (non-hydrogen) atoms. The van der Waals surface area contributed by atoms with Gasteiger partial charge in [0.1, 0.15) is 6.04 Å². The molecular weight excluding hydrogens is 170 g/mol. The van der Waals surface area contributed by atoms with Gasteiger partial charge in [-0.15, -0.1) is 6.58 Å². The summed E-state index contributed by atoms with van der Waals surface area (Å²) in [5, 5.41) is 3.03. The monoisotopic (exact) mass is 185 g/mol. The van der Waals surface area contributed by atoms with Gasteiger partial charge in [0, 0.05) is 13.0 Å². The quantitative estimate of drug-likeness (QED) is 0.498. The standard InChI is InChI=1S/C9H15NO3/c1-3-4-13-7-5-8(10-6-7)9(11)12-2/h3,7-8,10H,1,4-6H2,2H3/t7?,8-/m0/s1. The second-order valence-corrected chi connectivity index (χ2v) is 2.96. The van der Waals surface area contributed by atoms with Crippen molar-refractivity contribution in [3.05, 3.63) is 12.7 Å². The summed E-state index contributed by atoms with van der Waals surface area (Å²) in [5.41, 5.74) is 0. The number of hydrogen-bond donors (Lipinski definition) is 1. The van der Waals surface area contributed by atoms with E-state index < -0.39 is 0 Å². The number of hydrogen-bond acceptors (Lipinski definition) is 4. The van der Waals surface area contributed by atoms with Crippen molar-refractivity contribution >= 4 is 5.97 Å². The molecule has 2 atom stereocenters. The van der Waals surface area contributed by atoms with Crippen LogP contribution in [0.5, 0.6) is 0 Å². The van der Waals surface area contributed by atoms with E-state index in [0.717, 1.165) is 0 Å². The van der Waals surface area contributed by atoms with Crippen molar-refractivity contribution in [2.75, 3.05) is 20.3 Å². The van der Waals surface area contributed by atoms with Crippen molar-refractivity contribution in [1.29, 1.82) is 0 Å². The second-order valence-electron chi connectivity index (χ2n) is 2.96. The lowest BCUT2D eigenvalue weighted by atomic mass is 10.2. The minimum atomic E-state index is -0.218. The Morgan fingerprint density at radius 1 is 1.77 bits per heavy atom. The smallest absolute Gasteiger partial charge is 0.322 e. The van der Waals surface area contributed by atoms with Gasteiger partial charge in [-0.3, -0.25) is 4.79 Å². The molecule has 0 amide bonds. The Bertz CT molecular complexity index is 193. The molecule has 0 bridgehead atoms. The van der Waals surface area contributed by atoms with Crippen LogP contribution in [0.3, 0.4) is 0 Å². The van der Waals surface area contributed by atoms with Gasteiger partial charge in [-0.1, -0.05) is 6.08 Å². The third-order valence-electron chi connectivity index (χ3n) is 2.03. The average Bonchev–Trinajstić information content (AvgIpc) is 2.62. The van der Waals surface area contributed by atoms with E-state index in [0.29, 0.717) is 19.6 Å². The summed E-state index contributed by atoms with van der Waals surface area (Å²) in [7, 11) is 1.39. The van der Waals surface area contributed by atoms with Crippen molar-refractivity contribution in [3.63, 3.8) is 0 Å². The molecule has 74 valence electrons. The first kappa shape index (κ1) is 10.2. The first-order valence-electron chi connectivity index (χ1n) is 4.31. The van der Waals surface area contributed by atoms with Crippen molar-refractivity contribution in [3.8, 4) is 0 Å². The Balaban J connectivity index is 2.27. The fourth-order valence-electron chi connectivity index (χ4n) is 1.36. The highest BCUT2D eigenvalue weighted by atomic mass is 16.5. The van der Waals surface area contributed by atoms with E-state index in [1.807, 2.05) is 0 Å². The van der Waals surface area contributed by atoms with E-state index in [-0.39, 0.29) is 18.1 Å². The van der Waals surface area contributed by atoms with Gasteiger partial charge >= 0.3 is 5.97 Å². The maximum absolute atomic E-state index is 11.1. The molecule has 1 aliphatic rings. The fraction of sp³-hybridized carbons (Fsp3) is 0.667. The maximum atomic E-state index is 11.1. The molecular formula is C9H15NO3. The summed E-state index contributed by atoms with van der Waals surface area (Å²) < 4.78 is 10.00. The topological polar surface area (TPSA) is 47.6 Å². The number of nitrogens with one attached hydrogen (secondary N) is 1. The van der Waals surface area contributed by atoms with Gasteiger partial charge in [-0.25, -0.2) is 0 Å². The molecule has 0 aromatic carbocycles. The van der Waals surface area contributed by atoms with Gasteiger partial charge in [-0.05, 0) is 0 Å². The molecule has 1 heterocycles. The third kappa shape index (κ3) is 2.82. The van der Waals surface area contributed by atoms with E-state index in [9.17, 15) is 4.79 Å². The zero-order chi connectivity index (χ0) is 9.68. The molecule has 0 aromatic heterocycles. The largest absolute Gasteiger partial charge is 0.468 e. The van der Waals surface area contributed by atoms with Crippen molar-refractivity contribution in [2.24, 2.45) is 0 Å². The highest BCUT2D eigenvalue weighted by molar-refractivity contribution is 5.76. The molecule has 0 radical (unpaired) electrons. The summed E-state index contributed by atoms with van der Waals surface area (Å²) in [6.07, 6.45) is 2.48. The van der Waals surface area contributed by atoms with Gasteiger partial charge in [-0.2, -0.15) is 0 Å². The molecule has 0 aromatic rings. The normalized spacial score (nSPS) is 27.2. The Kier molecular flexibility index (Phi) is 3.92. The lowest BCUT2D eigenvalue weighted by Crippen LogP contribution is -2.31. The molecule has 0 saturated carbocycles. The van der Waals surface area contributed by atoms with E-state index in [1.165, 1.54) is 7.11 Å². The van der Waals surface area contributed by atoms with Crippen LogP contribution in [0.2, 0.25) is 0 Å². The van der Waals surface area contributed by atoms with Gasteiger partial charge in [0.15, 0.2) is 0 Å². The number of rotatable bonds is 4. The number of methoxy groups -OCH3 is 1. The summed E-state index contributed by atoms with van der Waals surface area (Å²) in [4.78, 5) is 11.1. The minimum absolute atomic E-state index is 0.0992. The number of carbonyl (C=O) groups is 1. The minimum Gasteiger partial charge on any atom is -0.468 e. The highest BCUT2D eigenvalue weighted by Crippen LogP contribution is 2.11. The zero-order valence-corrected chi connectivity index (χ0v) is 7.79. The molecule has 4 nitrogen and oxygen atoms in total. The highest BCUT2D eigenvalue weighted by Gasteiger charge is 2.30. The summed E-state index contributed by atoms with van der Waals surface area (Å²) in [6, 6.07) is -0.209. The van der Waals surface area contributed by atoms with Crippen molar-refractivity contribution in [2.45, 2.75) is 18.6 Å². The van der Waals surface area contributed by atoms with Crippen LogP contribution in [0.25, 0.3) is 0 Å². The Morgan fingerprint density at radius 2 is 2.54 bits per heavy atom. The average molecular weight is 185 g/mol. The summed E-state index contributed by atoms with van der Waals surface area (Å²) in [6.45, 7) is 4.78. The molecule has 1 fully saturated rings. The molecule has 1 N–H and O–H groups in total. The number of carbonyl (C=O) groups excluding carboxylic acids is 1. The molecule has 0 aliphatic carbocycles. The SMILES string of the molecule is C=CCOC1CN[C@H](C(=O)OC)C1. The van der Waals surface area contributed by atoms with Crippen LogP contribution < -0.4 is 5.32 Å². The van der Waals surface area contributed by atoms with Crippen LogP contribution in [0.15, 0.2) is 12.7 Å². The molecule has 0 spiro atoms.